The highest BCUT2D eigenvalue weighted by Crippen LogP contribution is 2.33. The number of rotatable bonds is 7. The lowest BCUT2D eigenvalue weighted by Gasteiger charge is -2.13. The molecule has 22 heavy (non-hydrogen) atoms. The van der Waals surface area contributed by atoms with Crippen molar-refractivity contribution < 1.29 is 19.0 Å². The topological polar surface area (TPSA) is 44.8 Å². The first-order chi connectivity index (χ1) is 10.6. The Labute approximate surface area is 130 Å². The fraction of sp³-hybridized carbons (Fsp3) is 0.278. The summed E-state index contributed by atoms with van der Waals surface area (Å²) in [5.41, 5.74) is 0.381. The molecule has 0 aliphatic rings. The monoisotopic (exact) mass is 300 g/mol. The van der Waals surface area contributed by atoms with Gasteiger partial charge in [0.05, 0.1) is 6.61 Å². The van der Waals surface area contributed by atoms with Crippen molar-refractivity contribution in [1.82, 2.24) is 0 Å². The first kappa shape index (κ1) is 15.9. The zero-order valence-electron chi connectivity index (χ0n) is 12.9. The molecular weight excluding hydrogens is 280 g/mol. The Morgan fingerprint density at radius 1 is 1.00 bits per heavy atom. The molecule has 0 N–H and O–H groups in total. The lowest BCUT2D eigenvalue weighted by Crippen LogP contribution is -2.12. The summed E-state index contributed by atoms with van der Waals surface area (Å²) in [5.74, 6) is 1.17. The molecule has 0 spiro atoms. The fourth-order valence-electron chi connectivity index (χ4n) is 2.06. The molecule has 4 heteroatoms. The first-order valence-electron chi connectivity index (χ1n) is 7.23. The Morgan fingerprint density at radius 2 is 1.59 bits per heavy atom. The van der Waals surface area contributed by atoms with E-state index < -0.39 is 5.97 Å². The van der Waals surface area contributed by atoms with Crippen molar-refractivity contribution in [2.45, 2.75) is 13.8 Å². The van der Waals surface area contributed by atoms with Crippen molar-refractivity contribution in [2.24, 2.45) is 0 Å². The molecule has 0 fully saturated rings. The predicted molar refractivity (Wildman–Crippen MR) is 86.4 cm³/mol. The zero-order valence-corrected chi connectivity index (χ0v) is 12.9. The third kappa shape index (κ3) is 3.79. The van der Waals surface area contributed by atoms with Gasteiger partial charge in [-0.2, -0.15) is 0 Å². The molecule has 0 aliphatic heterocycles. The number of ether oxygens (including phenoxy) is 3. The van der Waals surface area contributed by atoms with Gasteiger partial charge in [0.1, 0.15) is 24.7 Å². The molecule has 0 amide bonds. The number of hydrogen-bond donors (Lipinski definition) is 0. The van der Waals surface area contributed by atoms with Crippen molar-refractivity contribution in [3.8, 4) is 11.5 Å². The second-order valence-electron chi connectivity index (χ2n) is 4.81. The molecule has 0 saturated carbocycles. The average Bonchev–Trinajstić information content (AvgIpc) is 2.53. The van der Waals surface area contributed by atoms with Gasteiger partial charge in [-0.1, -0.05) is 30.8 Å². The standard InChI is InChI=1S/C18H20O4/c1-4-20-16-9-10-17(15-8-6-5-7-14(15)16)21-11-12-22-18(19)13(2)3/h5-10H,2,4,11-12H2,1,3H3. The molecule has 0 aromatic heterocycles. The van der Waals surface area contributed by atoms with Gasteiger partial charge in [-0.05, 0) is 26.0 Å². The van der Waals surface area contributed by atoms with E-state index in [0.29, 0.717) is 12.2 Å². The summed E-state index contributed by atoms with van der Waals surface area (Å²) < 4.78 is 16.4. The maximum atomic E-state index is 11.3. The lowest BCUT2D eigenvalue weighted by atomic mass is 10.1. The average molecular weight is 300 g/mol. The minimum atomic E-state index is -0.403. The molecular formula is C18H20O4. The summed E-state index contributed by atoms with van der Waals surface area (Å²) in [4.78, 5) is 11.3. The Morgan fingerprint density at radius 3 is 2.14 bits per heavy atom. The number of carbonyl (C=O) groups is 1. The molecule has 0 unspecified atom stereocenters. The third-order valence-corrected chi connectivity index (χ3v) is 3.07. The van der Waals surface area contributed by atoms with Crippen molar-refractivity contribution >= 4 is 16.7 Å². The summed E-state index contributed by atoms with van der Waals surface area (Å²) in [5, 5.41) is 1.97. The zero-order chi connectivity index (χ0) is 15.9. The highest BCUT2D eigenvalue weighted by molar-refractivity contribution is 5.93. The van der Waals surface area contributed by atoms with Gasteiger partial charge in [0.15, 0.2) is 0 Å². The highest BCUT2D eigenvalue weighted by Gasteiger charge is 2.08. The second-order valence-corrected chi connectivity index (χ2v) is 4.81. The van der Waals surface area contributed by atoms with E-state index >= 15 is 0 Å². The third-order valence-electron chi connectivity index (χ3n) is 3.07. The summed E-state index contributed by atoms with van der Waals surface area (Å²) >= 11 is 0. The predicted octanol–water partition coefficient (Wildman–Crippen LogP) is 3.74. The van der Waals surface area contributed by atoms with Crippen LogP contribution >= 0.6 is 0 Å². The van der Waals surface area contributed by atoms with E-state index in [-0.39, 0.29) is 13.2 Å². The molecule has 4 nitrogen and oxygen atoms in total. The van der Waals surface area contributed by atoms with E-state index in [2.05, 4.69) is 6.58 Å². The Bertz CT molecular complexity index is 676. The normalized spacial score (nSPS) is 10.3. The molecule has 2 aromatic carbocycles. The van der Waals surface area contributed by atoms with Crippen LogP contribution in [-0.2, 0) is 9.53 Å². The maximum absolute atomic E-state index is 11.3. The van der Waals surface area contributed by atoms with Gasteiger partial charge in [-0.3, -0.25) is 0 Å². The number of esters is 1. The minimum Gasteiger partial charge on any atom is -0.493 e. The van der Waals surface area contributed by atoms with Gasteiger partial charge in [-0.25, -0.2) is 4.79 Å². The van der Waals surface area contributed by atoms with Crippen LogP contribution in [0, 0.1) is 0 Å². The highest BCUT2D eigenvalue weighted by atomic mass is 16.6. The van der Waals surface area contributed by atoms with E-state index in [9.17, 15) is 4.79 Å². The molecule has 0 radical (unpaired) electrons. The van der Waals surface area contributed by atoms with Crippen molar-refractivity contribution in [1.29, 1.82) is 0 Å². The van der Waals surface area contributed by atoms with Crippen LogP contribution in [0.2, 0.25) is 0 Å². The largest absolute Gasteiger partial charge is 0.493 e. The molecule has 0 bridgehead atoms. The van der Waals surface area contributed by atoms with Crippen molar-refractivity contribution in [3.05, 3.63) is 48.6 Å². The van der Waals surface area contributed by atoms with E-state index in [1.165, 1.54) is 0 Å². The van der Waals surface area contributed by atoms with Gasteiger partial charge in [-0.15, -0.1) is 0 Å². The molecule has 0 saturated heterocycles. The van der Waals surface area contributed by atoms with Crippen molar-refractivity contribution in [3.63, 3.8) is 0 Å². The van der Waals surface area contributed by atoms with Crippen LogP contribution in [0.4, 0.5) is 0 Å². The number of carbonyl (C=O) groups excluding carboxylic acids is 1. The van der Waals surface area contributed by atoms with Crippen LogP contribution in [-0.4, -0.2) is 25.8 Å². The summed E-state index contributed by atoms with van der Waals surface area (Å²) in [6, 6.07) is 11.6. The van der Waals surface area contributed by atoms with Gasteiger partial charge in [0.25, 0.3) is 0 Å². The van der Waals surface area contributed by atoms with Crippen LogP contribution in [0.5, 0.6) is 11.5 Å². The minimum absolute atomic E-state index is 0.188. The first-order valence-corrected chi connectivity index (χ1v) is 7.23. The van der Waals surface area contributed by atoms with Gasteiger partial charge in [0.2, 0.25) is 0 Å². The summed E-state index contributed by atoms with van der Waals surface area (Å²) in [6.07, 6.45) is 0. The van der Waals surface area contributed by atoms with Crippen molar-refractivity contribution in [2.75, 3.05) is 19.8 Å². The van der Waals surface area contributed by atoms with E-state index in [4.69, 9.17) is 14.2 Å². The molecule has 2 rings (SSSR count). The maximum Gasteiger partial charge on any atom is 0.333 e. The summed E-state index contributed by atoms with van der Waals surface area (Å²) in [7, 11) is 0. The quantitative estimate of drug-likeness (QED) is 0.444. The molecule has 0 aliphatic carbocycles. The number of fused-ring (bicyclic) bond motifs is 1. The number of benzene rings is 2. The van der Waals surface area contributed by atoms with Crippen LogP contribution in [0.1, 0.15) is 13.8 Å². The molecule has 2 aromatic rings. The fourth-order valence-corrected chi connectivity index (χ4v) is 2.06. The van der Waals surface area contributed by atoms with Crippen LogP contribution < -0.4 is 9.47 Å². The van der Waals surface area contributed by atoms with Gasteiger partial charge < -0.3 is 14.2 Å². The SMILES string of the molecule is C=C(C)C(=O)OCCOc1ccc(OCC)c2ccccc12. The van der Waals surface area contributed by atoms with Gasteiger partial charge >= 0.3 is 5.97 Å². The lowest BCUT2D eigenvalue weighted by molar-refractivity contribution is -0.139. The smallest absolute Gasteiger partial charge is 0.333 e. The Kier molecular flexibility index (Phi) is 5.42. The van der Waals surface area contributed by atoms with E-state index in [1.54, 1.807) is 6.92 Å². The van der Waals surface area contributed by atoms with Crippen LogP contribution in [0.15, 0.2) is 48.6 Å². The van der Waals surface area contributed by atoms with Crippen LogP contribution in [0.3, 0.4) is 0 Å². The Hall–Kier alpha value is -2.49. The number of hydrogen-bond acceptors (Lipinski definition) is 4. The second kappa shape index (κ2) is 7.50. The van der Waals surface area contributed by atoms with Crippen LogP contribution in [0.25, 0.3) is 10.8 Å². The molecule has 0 heterocycles. The summed E-state index contributed by atoms with van der Waals surface area (Å²) in [6.45, 7) is 8.19. The van der Waals surface area contributed by atoms with Gasteiger partial charge in [0, 0.05) is 16.3 Å². The molecule has 116 valence electrons. The van der Waals surface area contributed by atoms with E-state index in [1.807, 2.05) is 43.3 Å². The van der Waals surface area contributed by atoms with E-state index in [0.717, 1.165) is 22.3 Å². The molecule has 0 atom stereocenters. The Balaban J connectivity index is 2.07.